The first-order valence-electron chi connectivity index (χ1n) is 8.88. The van der Waals surface area contributed by atoms with Crippen molar-refractivity contribution in [3.63, 3.8) is 0 Å². The van der Waals surface area contributed by atoms with Crippen molar-refractivity contribution in [1.29, 1.82) is 5.41 Å². The number of unbranched alkanes of at least 4 members (excludes halogenated alkanes) is 3. The molecule has 0 amide bonds. The Hall–Kier alpha value is -0.810. The van der Waals surface area contributed by atoms with Crippen molar-refractivity contribution in [2.45, 2.75) is 52.9 Å². The molecule has 0 saturated heterocycles. The van der Waals surface area contributed by atoms with Crippen LogP contribution in [0.1, 0.15) is 52.9 Å². The molecule has 0 bridgehead atoms. The van der Waals surface area contributed by atoms with E-state index in [-0.39, 0.29) is 5.90 Å². The summed E-state index contributed by atoms with van der Waals surface area (Å²) >= 11 is 4.09. The van der Waals surface area contributed by atoms with E-state index in [0.29, 0.717) is 18.2 Å². The van der Waals surface area contributed by atoms with Crippen LogP contribution in [0.4, 0.5) is 0 Å². The maximum atomic E-state index is 8.18. The SMILES string of the molecule is CCCCCCOC(=N)/C(=N\S)C1=CCC[N+](C)(CC(C)C)C1. The van der Waals surface area contributed by atoms with Gasteiger partial charge in [0.1, 0.15) is 12.3 Å². The van der Waals surface area contributed by atoms with Crippen molar-refractivity contribution >= 4 is 24.4 Å². The summed E-state index contributed by atoms with van der Waals surface area (Å²) in [4.78, 5) is 0. The van der Waals surface area contributed by atoms with Crippen LogP contribution in [0.25, 0.3) is 0 Å². The van der Waals surface area contributed by atoms with E-state index in [1.54, 1.807) is 0 Å². The molecule has 1 aliphatic heterocycles. The molecule has 0 aromatic rings. The molecule has 1 heterocycles. The smallest absolute Gasteiger partial charge is 0.233 e. The van der Waals surface area contributed by atoms with Gasteiger partial charge >= 0.3 is 0 Å². The van der Waals surface area contributed by atoms with Crippen LogP contribution in [0.5, 0.6) is 0 Å². The van der Waals surface area contributed by atoms with Gasteiger partial charge in [0, 0.05) is 17.9 Å². The first kappa shape index (κ1) is 20.2. The molecule has 23 heavy (non-hydrogen) atoms. The molecule has 1 unspecified atom stereocenters. The normalized spacial score (nSPS) is 22.2. The van der Waals surface area contributed by atoms with E-state index >= 15 is 0 Å². The molecule has 0 aliphatic carbocycles. The first-order chi connectivity index (χ1) is 10.9. The number of quaternary nitrogens is 1. The first-order valence-corrected chi connectivity index (χ1v) is 9.28. The van der Waals surface area contributed by atoms with Crippen LogP contribution in [-0.2, 0) is 4.74 Å². The number of hydrogen-bond donors (Lipinski definition) is 2. The summed E-state index contributed by atoms with van der Waals surface area (Å²) in [5.41, 5.74) is 1.71. The molecular formula is C18H34N3OS+. The second-order valence-electron chi connectivity index (χ2n) is 7.28. The number of ether oxygens (including phenoxy) is 1. The highest BCUT2D eigenvalue weighted by molar-refractivity contribution is 7.79. The number of nitrogens with zero attached hydrogens (tertiary/aromatic N) is 2. The van der Waals surface area contributed by atoms with Crippen molar-refractivity contribution in [2.24, 2.45) is 10.3 Å². The standard InChI is InChI=1S/C18H33N3OS/c1-5-6-7-8-12-22-18(19)17(20-23)16-10-9-11-21(4,14-16)13-15(2)3/h10,15,19H,5-9,11-14H2,1-4H3/p+1/b19-18?,20-17-. The lowest BCUT2D eigenvalue weighted by atomic mass is 10.0. The molecule has 5 heteroatoms. The van der Waals surface area contributed by atoms with Gasteiger partial charge < -0.3 is 9.22 Å². The fourth-order valence-corrected chi connectivity index (χ4v) is 3.56. The quantitative estimate of drug-likeness (QED) is 0.213. The van der Waals surface area contributed by atoms with E-state index in [9.17, 15) is 0 Å². The van der Waals surface area contributed by atoms with Crippen molar-refractivity contribution in [3.05, 3.63) is 11.6 Å². The second-order valence-corrected chi connectivity index (χ2v) is 7.48. The molecule has 0 radical (unpaired) electrons. The van der Waals surface area contributed by atoms with Gasteiger partial charge in [-0.1, -0.05) is 46.1 Å². The molecule has 1 N–H and O–H groups in total. The minimum atomic E-state index is 0.167. The monoisotopic (exact) mass is 340 g/mol. The zero-order chi connectivity index (χ0) is 17.3. The Morgan fingerprint density at radius 1 is 1.39 bits per heavy atom. The van der Waals surface area contributed by atoms with Crippen LogP contribution in [-0.4, -0.2) is 49.4 Å². The van der Waals surface area contributed by atoms with Crippen LogP contribution in [0.2, 0.25) is 0 Å². The van der Waals surface area contributed by atoms with Crippen LogP contribution >= 0.6 is 12.8 Å². The van der Waals surface area contributed by atoms with Gasteiger partial charge in [-0.15, -0.1) is 0 Å². The maximum Gasteiger partial charge on any atom is 0.233 e. The predicted molar refractivity (Wildman–Crippen MR) is 103 cm³/mol. The molecule has 1 rings (SSSR count). The fraction of sp³-hybridized carbons (Fsp3) is 0.778. The van der Waals surface area contributed by atoms with Gasteiger partial charge in [-0.3, -0.25) is 5.41 Å². The Morgan fingerprint density at radius 2 is 2.13 bits per heavy atom. The Bertz CT molecular complexity index is 446. The van der Waals surface area contributed by atoms with E-state index in [2.05, 4.69) is 51.1 Å². The molecule has 1 aliphatic rings. The Balaban J connectivity index is 2.60. The number of rotatable bonds is 9. The Morgan fingerprint density at radius 3 is 2.74 bits per heavy atom. The minimum absolute atomic E-state index is 0.167. The van der Waals surface area contributed by atoms with Gasteiger partial charge in [0.25, 0.3) is 0 Å². The average Bonchev–Trinajstić information content (AvgIpc) is 2.46. The van der Waals surface area contributed by atoms with Crippen LogP contribution in [0.15, 0.2) is 16.0 Å². The highest BCUT2D eigenvalue weighted by Crippen LogP contribution is 2.21. The summed E-state index contributed by atoms with van der Waals surface area (Å²) < 4.78 is 10.7. The van der Waals surface area contributed by atoms with Crippen LogP contribution in [0.3, 0.4) is 0 Å². The predicted octanol–water partition coefficient (Wildman–Crippen LogP) is 4.28. The lowest BCUT2D eigenvalue weighted by Crippen LogP contribution is -2.51. The van der Waals surface area contributed by atoms with E-state index in [1.807, 2.05) is 0 Å². The van der Waals surface area contributed by atoms with E-state index in [4.69, 9.17) is 10.1 Å². The van der Waals surface area contributed by atoms with E-state index < -0.39 is 0 Å². The minimum Gasteiger partial charge on any atom is -0.477 e. The summed E-state index contributed by atoms with van der Waals surface area (Å²) in [6.45, 7) is 10.5. The molecule has 0 saturated carbocycles. The molecule has 0 aromatic heterocycles. The van der Waals surface area contributed by atoms with Crippen LogP contribution in [0, 0.1) is 11.3 Å². The molecule has 0 aromatic carbocycles. The number of nitrogens with one attached hydrogen (secondary N) is 1. The summed E-state index contributed by atoms with van der Waals surface area (Å²) in [7, 11) is 2.29. The molecule has 1 atom stereocenters. The van der Waals surface area contributed by atoms with Crippen molar-refractivity contribution in [2.75, 3.05) is 33.3 Å². The second kappa shape index (κ2) is 10.1. The van der Waals surface area contributed by atoms with Crippen molar-refractivity contribution < 1.29 is 9.22 Å². The van der Waals surface area contributed by atoms with Gasteiger partial charge in [-0.25, -0.2) is 4.40 Å². The highest BCUT2D eigenvalue weighted by atomic mass is 32.1. The zero-order valence-electron chi connectivity index (χ0n) is 15.3. The van der Waals surface area contributed by atoms with Crippen molar-refractivity contribution in [3.8, 4) is 0 Å². The maximum absolute atomic E-state index is 8.18. The summed E-state index contributed by atoms with van der Waals surface area (Å²) in [6, 6.07) is 0. The van der Waals surface area contributed by atoms with Crippen LogP contribution < -0.4 is 0 Å². The molecular weight excluding hydrogens is 306 g/mol. The lowest BCUT2D eigenvalue weighted by molar-refractivity contribution is -0.908. The van der Waals surface area contributed by atoms with Gasteiger partial charge in [-0.2, -0.15) is 0 Å². The summed E-state index contributed by atoms with van der Waals surface area (Å²) in [5.74, 6) is 0.825. The fourth-order valence-electron chi connectivity index (χ4n) is 3.34. The topological polar surface area (TPSA) is 45.4 Å². The number of likely N-dealkylation sites (N-methyl/N-ethyl adjacent to an activating group) is 1. The molecule has 4 nitrogen and oxygen atoms in total. The number of thiol groups is 1. The largest absolute Gasteiger partial charge is 0.477 e. The van der Waals surface area contributed by atoms with E-state index in [1.165, 1.54) is 12.8 Å². The Labute approximate surface area is 147 Å². The third-order valence-electron chi connectivity index (χ3n) is 4.28. The Kier molecular flexibility index (Phi) is 8.92. The van der Waals surface area contributed by atoms with E-state index in [0.717, 1.165) is 49.0 Å². The summed E-state index contributed by atoms with van der Waals surface area (Å²) in [6.07, 6.45) is 7.80. The zero-order valence-corrected chi connectivity index (χ0v) is 16.2. The highest BCUT2D eigenvalue weighted by Gasteiger charge is 2.30. The molecule has 132 valence electrons. The molecule has 0 spiro atoms. The van der Waals surface area contributed by atoms with Gasteiger partial charge in [0.2, 0.25) is 5.90 Å². The van der Waals surface area contributed by atoms with Gasteiger partial charge in [0.15, 0.2) is 0 Å². The van der Waals surface area contributed by atoms with Gasteiger partial charge in [0.05, 0.1) is 26.7 Å². The third-order valence-corrected chi connectivity index (χ3v) is 4.48. The summed E-state index contributed by atoms with van der Waals surface area (Å²) in [5, 5.41) is 8.18. The van der Waals surface area contributed by atoms with Gasteiger partial charge in [-0.05, 0) is 19.2 Å². The third kappa shape index (κ3) is 7.08. The lowest BCUT2D eigenvalue weighted by Gasteiger charge is -2.39. The number of hydrogen-bond acceptors (Lipinski definition) is 4. The molecule has 0 fully saturated rings. The van der Waals surface area contributed by atoms with Crippen molar-refractivity contribution in [1.82, 2.24) is 0 Å². The average molecular weight is 341 g/mol.